The first kappa shape index (κ1) is 23.8. The quantitative estimate of drug-likeness (QED) is 0.502. The minimum absolute atomic E-state index is 0.0321. The van der Waals surface area contributed by atoms with E-state index in [1.165, 1.54) is 35.0 Å². The lowest BCUT2D eigenvalue weighted by Gasteiger charge is -2.10. The fourth-order valence-corrected chi connectivity index (χ4v) is 4.94. The van der Waals surface area contributed by atoms with E-state index < -0.39 is 21.7 Å². The number of hydrogen-bond acceptors (Lipinski definition) is 5. The second-order valence-corrected chi connectivity index (χ2v) is 9.96. The molecular weight excluding hydrogens is 461 g/mol. The van der Waals surface area contributed by atoms with Crippen molar-refractivity contribution < 1.29 is 17.6 Å². The first-order valence-corrected chi connectivity index (χ1v) is 12.6. The number of aryl methyl sites for hydroxylation is 1. The molecule has 0 saturated carbocycles. The van der Waals surface area contributed by atoms with E-state index in [4.69, 9.17) is 0 Å². The van der Waals surface area contributed by atoms with Gasteiger partial charge in [-0.15, -0.1) is 0 Å². The fourth-order valence-electron chi connectivity index (χ4n) is 3.85. The van der Waals surface area contributed by atoms with Crippen LogP contribution in [0, 0.1) is 5.82 Å². The molecule has 1 aliphatic rings. The molecule has 2 aromatic carbocycles. The molecule has 180 valence electrons. The van der Waals surface area contributed by atoms with Gasteiger partial charge in [0.1, 0.15) is 18.2 Å². The predicted molar refractivity (Wildman–Crippen MR) is 123 cm³/mol. The molecule has 34 heavy (non-hydrogen) atoms. The van der Waals surface area contributed by atoms with E-state index >= 15 is 0 Å². The van der Waals surface area contributed by atoms with Gasteiger partial charge in [0.05, 0.1) is 4.90 Å². The molecule has 0 bridgehead atoms. The summed E-state index contributed by atoms with van der Waals surface area (Å²) in [4.78, 5) is 24.9. The average molecular weight is 488 g/mol. The molecule has 11 heteroatoms. The molecule has 0 saturated heterocycles. The van der Waals surface area contributed by atoms with Crippen molar-refractivity contribution in [2.24, 2.45) is 0 Å². The van der Waals surface area contributed by atoms with E-state index in [0.717, 1.165) is 25.7 Å². The molecule has 3 aromatic rings. The molecule has 0 radical (unpaired) electrons. The molecule has 0 atom stereocenters. The van der Waals surface area contributed by atoms with Gasteiger partial charge in [0, 0.05) is 26.1 Å². The highest BCUT2D eigenvalue weighted by Gasteiger charge is 2.18. The summed E-state index contributed by atoms with van der Waals surface area (Å²) >= 11 is 0. The van der Waals surface area contributed by atoms with Gasteiger partial charge in [0.15, 0.2) is 0 Å². The van der Waals surface area contributed by atoms with Crippen LogP contribution in [0.25, 0.3) is 0 Å². The standard InChI is InChI=1S/C23H26FN5O4S/c24-19-8-4-6-17(12-19)15-26-34(32,33)20-9-5-7-18(13-20)14-25-22(30)16-29-23(31)28-11-3-1-2-10-21(28)27-29/h4-9,12-13,26H,1-3,10-11,14-16H2,(H,25,30). The van der Waals surface area contributed by atoms with Gasteiger partial charge in [-0.3, -0.25) is 9.36 Å². The third-order valence-corrected chi connectivity index (χ3v) is 7.03. The van der Waals surface area contributed by atoms with Crippen LogP contribution in [0.1, 0.15) is 36.2 Å². The molecule has 2 N–H and O–H groups in total. The van der Waals surface area contributed by atoms with Gasteiger partial charge in [0.25, 0.3) is 0 Å². The summed E-state index contributed by atoms with van der Waals surface area (Å²) in [7, 11) is -3.83. The Kier molecular flexibility index (Phi) is 7.23. The lowest BCUT2D eigenvalue weighted by atomic mass is 10.2. The summed E-state index contributed by atoms with van der Waals surface area (Å²) in [5.74, 6) is -0.130. The van der Waals surface area contributed by atoms with Gasteiger partial charge in [-0.2, -0.15) is 5.10 Å². The van der Waals surface area contributed by atoms with Crippen molar-refractivity contribution in [2.45, 2.75) is 56.8 Å². The first-order valence-electron chi connectivity index (χ1n) is 11.1. The van der Waals surface area contributed by atoms with Gasteiger partial charge in [0.2, 0.25) is 15.9 Å². The Labute approximate surface area is 196 Å². The molecule has 4 rings (SSSR count). The third kappa shape index (κ3) is 5.78. The van der Waals surface area contributed by atoms with E-state index in [-0.39, 0.29) is 30.2 Å². The molecule has 1 amide bonds. The Bertz CT molecular complexity index is 1350. The molecule has 1 aromatic heterocycles. The van der Waals surface area contributed by atoms with E-state index in [1.54, 1.807) is 22.8 Å². The number of carbonyl (C=O) groups is 1. The third-order valence-electron chi connectivity index (χ3n) is 5.63. The summed E-state index contributed by atoms with van der Waals surface area (Å²) in [6.45, 7) is 0.454. The van der Waals surface area contributed by atoms with Crippen molar-refractivity contribution >= 4 is 15.9 Å². The Morgan fingerprint density at radius 3 is 2.59 bits per heavy atom. The van der Waals surface area contributed by atoms with Crippen LogP contribution in [0.15, 0.2) is 58.2 Å². The SMILES string of the molecule is O=C(Cn1nc2n(c1=O)CCCCC2)NCc1cccc(S(=O)(=O)NCc2cccc(F)c2)c1. The van der Waals surface area contributed by atoms with Crippen LogP contribution in [0.2, 0.25) is 0 Å². The Balaban J connectivity index is 1.36. The number of rotatable bonds is 8. The Morgan fingerprint density at radius 2 is 1.79 bits per heavy atom. The number of benzene rings is 2. The number of sulfonamides is 1. The van der Waals surface area contributed by atoms with Gasteiger partial charge in [-0.1, -0.05) is 30.7 Å². The maximum Gasteiger partial charge on any atom is 0.346 e. The summed E-state index contributed by atoms with van der Waals surface area (Å²) in [5.41, 5.74) is 0.790. The minimum Gasteiger partial charge on any atom is -0.350 e. The lowest BCUT2D eigenvalue weighted by molar-refractivity contribution is -0.122. The number of halogens is 1. The van der Waals surface area contributed by atoms with Crippen molar-refractivity contribution in [3.8, 4) is 0 Å². The number of aromatic nitrogens is 3. The van der Waals surface area contributed by atoms with Crippen LogP contribution < -0.4 is 15.7 Å². The van der Waals surface area contributed by atoms with Crippen molar-refractivity contribution in [3.05, 3.63) is 81.8 Å². The normalized spacial score (nSPS) is 13.8. The highest BCUT2D eigenvalue weighted by atomic mass is 32.2. The molecule has 0 fully saturated rings. The summed E-state index contributed by atoms with van der Waals surface area (Å²) in [6.07, 6.45) is 3.66. The number of amides is 1. The predicted octanol–water partition coefficient (Wildman–Crippen LogP) is 1.71. The second kappa shape index (κ2) is 10.3. The minimum atomic E-state index is -3.83. The molecule has 0 aliphatic carbocycles. The highest BCUT2D eigenvalue weighted by Crippen LogP contribution is 2.13. The van der Waals surface area contributed by atoms with Crippen molar-refractivity contribution in [3.63, 3.8) is 0 Å². The molecule has 1 aliphatic heterocycles. The zero-order valence-electron chi connectivity index (χ0n) is 18.5. The summed E-state index contributed by atoms with van der Waals surface area (Å²) in [6, 6.07) is 11.9. The van der Waals surface area contributed by atoms with Gasteiger partial charge in [-0.25, -0.2) is 27.0 Å². The van der Waals surface area contributed by atoms with Gasteiger partial charge >= 0.3 is 5.69 Å². The lowest BCUT2D eigenvalue weighted by Crippen LogP contribution is -2.33. The molecule has 2 heterocycles. The van der Waals surface area contributed by atoms with Gasteiger partial charge in [-0.05, 0) is 48.2 Å². The summed E-state index contributed by atoms with van der Waals surface area (Å²) in [5, 5.41) is 7.00. The molecule has 9 nitrogen and oxygen atoms in total. The van der Waals surface area contributed by atoms with E-state index in [9.17, 15) is 22.4 Å². The molecular formula is C23H26FN5O4S. The zero-order chi connectivity index (χ0) is 24.1. The van der Waals surface area contributed by atoms with Crippen LogP contribution in [-0.4, -0.2) is 28.7 Å². The second-order valence-electron chi connectivity index (χ2n) is 8.20. The van der Waals surface area contributed by atoms with Crippen molar-refractivity contribution in [1.29, 1.82) is 0 Å². The smallest absolute Gasteiger partial charge is 0.346 e. The molecule has 0 unspecified atom stereocenters. The number of fused-ring (bicyclic) bond motifs is 1. The van der Waals surface area contributed by atoms with Crippen molar-refractivity contribution in [1.82, 2.24) is 24.4 Å². The highest BCUT2D eigenvalue weighted by molar-refractivity contribution is 7.89. The fraction of sp³-hybridized carbons (Fsp3) is 0.348. The number of nitrogens with one attached hydrogen (secondary N) is 2. The monoisotopic (exact) mass is 487 g/mol. The summed E-state index contributed by atoms with van der Waals surface area (Å²) < 4.78 is 43.8. The average Bonchev–Trinajstić information content (AvgIpc) is 2.97. The Hall–Kier alpha value is -3.31. The first-order chi connectivity index (χ1) is 16.3. The van der Waals surface area contributed by atoms with E-state index in [0.29, 0.717) is 23.5 Å². The van der Waals surface area contributed by atoms with Crippen LogP contribution in [0.4, 0.5) is 4.39 Å². The number of carbonyl (C=O) groups excluding carboxylic acids is 1. The van der Waals surface area contributed by atoms with Crippen LogP contribution in [0.3, 0.4) is 0 Å². The van der Waals surface area contributed by atoms with E-state index in [2.05, 4.69) is 15.1 Å². The number of hydrogen-bond donors (Lipinski definition) is 2. The maximum atomic E-state index is 13.3. The zero-order valence-corrected chi connectivity index (χ0v) is 19.4. The van der Waals surface area contributed by atoms with Crippen LogP contribution in [-0.2, 0) is 47.4 Å². The molecule has 0 spiro atoms. The van der Waals surface area contributed by atoms with Crippen molar-refractivity contribution in [2.75, 3.05) is 0 Å². The maximum absolute atomic E-state index is 13.3. The van der Waals surface area contributed by atoms with Gasteiger partial charge < -0.3 is 5.32 Å². The van der Waals surface area contributed by atoms with E-state index in [1.807, 2.05) is 0 Å². The van der Waals surface area contributed by atoms with Crippen LogP contribution in [0.5, 0.6) is 0 Å². The topological polar surface area (TPSA) is 115 Å². The Morgan fingerprint density at radius 1 is 1.03 bits per heavy atom. The number of nitrogens with zero attached hydrogens (tertiary/aromatic N) is 3. The van der Waals surface area contributed by atoms with Crippen LogP contribution >= 0.6 is 0 Å². The largest absolute Gasteiger partial charge is 0.350 e.